The summed E-state index contributed by atoms with van der Waals surface area (Å²) in [5.41, 5.74) is 10.0. The summed E-state index contributed by atoms with van der Waals surface area (Å²) in [6, 6.07) is 66.0. The van der Waals surface area contributed by atoms with Crippen LogP contribution in [0.5, 0.6) is 0 Å². The third-order valence-corrected chi connectivity index (χ3v) is 10.0. The summed E-state index contributed by atoms with van der Waals surface area (Å²) >= 11 is 0. The normalized spacial score (nSPS) is 11.5. The lowest BCUT2D eigenvalue weighted by Gasteiger charge is -2.16. The van der Waals surface area contributed by atoms with Crippen LogP contribution in [0.4, 0.5) is 0 Å². The summed E-state index contributed by atoms with van der Waals surface area (Å²) < 4.78 is 0. The molecular weight excluding hydrogens is 631 g/mol. The Kier molecular flexibility index (Phi) is 7.14. The van der Waals surface area contributed by atoms with E-state index in [1.807, 2.05) is 12.1 Å². The molecule has 0 unspecified atom stereocenters. The predicted octanol–water partition coefficient (Wildman–Crippen LogP) is 12.8. The first kappa shape index (κ1) is 29.9. The Morgan fingerprint density at radius 1 is 0.269 bits per heavy atom. The Labute approximate surface area is 301 Å². The highest BCUT2D eigenvalue weighted by molar-refractivity contribution is 6.33. The summed E-state index contributed by atoms with van der Waals surface area (Å²) in [6.45, 7) is 0. The fourth-order valence-electron chi connectivity index (χ4n) is 7.61. The van der Waals surface area contributed by atoms with Crippen molar-refractivity contribution in [1.82, 2.24) is 15.0 Å². The molecule has 3 nitrogen and oxygen atoms in total. The molecule has 0 saturated carbocycles. The second-order valence-corrected chi connectivity index (χ2v) is 13.2. The van der Waals surface area contributed by atoms with Crippen LogP contribution in [0, 0.1) is 0 Å². The molecule has 2 aromatic heterocycles. The molecule has 0 aliphatic rings. The summed E-state index contributed by atoms with van der Waals surface area (Å²) in [5, 5.41) is 8.43. The van der Waals surface area contributed by atoms with E-state index in [1.54, 1.807) is 0 Å². The van der Waals surface area contributed by atoms with Gasteiger partial charge in [-0.15, -0.1) is 0 Å². The molecule has 0 amide bonds. The minimum absolute atomic E-state index is 0.670. The topological polar surface area (TPSA) is 38.7 Å². The van der Waals surface area contributed by atoms with Crippen LogP contribution in [0.15, 0.2) is 188 Å². The van der Waals surface area contributed by atoms with Gasteiger partial charge in [0.1, 0.15) is 0 Å². The lowest BCUT2D eigenvalue weighted by atomic mass is 9.90. The second kappa shape index (κ2) is 12.4. The van der Waals surface area contributed by atoms with Gasteiger partial charge in [-0.2, -0.15) is 0 Å². The first-order valence-electron chi connectivity index (χ1n) is 17.6. The van der Waals surface area contributed by atoms with Crippen LogP contribution in [0.1, 0.15) is 0 Å². The Bertz CT molecular complexity index is 2950. The van der Waals surface area contributed by atoms with E-state index < -0.39 is 0 Å². The fraction of sp³-hybridized carbons (Fsp3) is 0. The summed E-state index contributed by atoms with van der Waals surface area (Å²) in [4.78, 5) is 15.8. The number of fused-ring (bicyclic) bond motifs is 8. The van der Waals surface area contributed by atoms with Crippen LogP contribution < -0.4 is 0 Å². The van der Waals surface area contributed by atoms with Gasteiger partial charge in [0.25, 0.3) is 0 Å². The molecule has 0 aliphatic heterocycles. The van der Waals surface area contributed by atoms with E-state index in [9.17, 15) is 0 Å². The lowest BCUT2D eigenvalue weighted by Crippen LogP contribution is -1.97. The highest BCUT2D eigenvalue weighted by Gasteiger charge is 2.18. The van der Waals surface area contributed by atoms with Crippen molar-refractivity contribution in [2.24, 2.45) is 0 Å². The SMILES string of the molecule is c1ccc(-c2cccc(-c3cc(-c4ccccc4)nc(-c4cccc(-c5nc6ccccc6c6c7ccccc7c7ccccc7c56)c4)n3)c2)cc1. The monoisotopic (exact) mass is 661 g/mol. The van der Waals surface area contributed by atoms with Gasteiger partial charge in [-0.1, -0.05) is 164 Å². The number of aromatic nitrogens is 3. The molecule has 3 heteroatoms. The van der Waals surface area contributed by atoms with E-state index in [-0.39, 0.29) is 0 Å². The molecule has 2 heterocycles. The van der Waals surface area contributed by atoms with Gasteiger partial charge in [-0.3, -0.25) is 0 Å². The fourth-order valence-corrected chi connectivity index (χ4v) is 7.61. The molecule has 0 atom stereocenters. The van der Waals surface area contributed by atoms with E-state index in [4.69, 9.17) is 15.0 Å². The van der Waals surface area contributed by atoms with Crippen molar-refractivity contribution in [3.63, 3.8) is 0 Å². The molecule has 0 bridgehead atoms. The van der Waals surface area contributed by atoms with E-state index in [2.05, 4.69) is 176 Å². The van der Waals surface area contributed by atoms with Crippen molar-refractivity contribution in [3.05, 3.63) is 188 Å². The molecule has 242 valence electrons. The summed E-state index contributed by atoms with van der Waals surface area (Å²) in [6.07, 6.45) is 0. The Morgan fingerprint density at radius 2 is 0.750 bits per heavy atom. The van der Waals surface area contributed by atoms with E-state index in [0.29, 0.717) is 5.82 Å². The van der Waals surface area contributed by atoms with Crippen LogP contribution in [0.3, 0.4) is 0 Å². The highest BCUT2D eigenvalue weighted by atomic mass is 14.9. The van der Waals surface area contributed by atoms with Gasteiger partial charge in [0.05, 0.1) is 22.6 Å². The minimum atomic E-state index is 0.670. The van der Waals surface area contributed by atoms with E-state index >= 15 is 0 Å². The molecular formula is C49H31N3. The van der Waals surface area contributed by atoms with Crippen molar-refractivity contribution in [3.8, 4) is 56.3 Å². The number of rotatable bonds is 5. The Morgan fingerprint density at radius 3 is 1.46 bits per heavy atom. The van der Waals surface area contributed by atoms with Crippen molar-refractivity contribution in [2.75, 3.05) is 0 Å². The molecule has 0 N–H and O–H groups in total. The van der Waals surface area contributed by atoms with E-state index in [0.717, 1.165) is 61.2 Å². The minimum Gasteiger partial charge on any atom is -0.247 e. The molecule has 0 fully saturated rings. The molecule has 0 aliphatic carbocycles. The quantitative estimate of drug-likeness (QED) is 0.172. The number of benzene rings is 8. The summed E-state index contributed by atoms with van der Waals surface area (Å²) in [5.74, 6) is 0.670. The van der Waals surface area contributed by atoms with Gasteiger partial charge in [0, 0.05) is 38.4 Å². The predicted molar refractivity (Wildman–Crippen MR) is 217 cm³/mol. The van der Waals surface area contributed by atoms with E-state index in [1.165, 1.54) is 32.5 Å². The molecule has 0 radical (unpaired) electrons. The van der Waals surface area contributed by atoms with Gasteiger partial charge >= 0.3 is 0 Å². The van der Waals surface area contributed by atoms with Gasteiger partial charge in [-0.25, -0.2) is 15.0 Å². The largest absolute Gasteiger partial charge is 0.247 e. The Hall–Kier alpha value is -6.97. The first-order valence-corrected chi connectivity index (χ1v) is 17.6. The maximum absolute atomic E-state index is 5.39. The standard InChI is InChI=1S/C49H31N3/c1-3-15-32(16-4-1)34-19-13-20-35(29-34)45-31-44(33-17-5-2-6-18-33)51-49(52-45)37-22-14-21-36(30-37)48-47-41-26-10-8-24-39(41)38-23-7-9-25-40(38)46(47)42-27-11-12-28-43(42)50-48/h1-31H. The molecule has 0 saturated heterocycles. The first-order chi connectivity index (χ1) is 25.8. The van der Waals surface area contributed by atoms with Crippen LogP contribution in [-0.4, -0.2) is 15.0 Å². The zero-order valence-corrected chi connectivity index (χ0v) is 28.2. The smallest absolute Gasteiger partial charge is 0.160 e. The van der Waals surface area contributed by atoms with Gasteiger partial charge in [0.2, 0.25) is 0 Å². The van der Waals surface area contributed by atoms with Gasteiger partial charge in [-0.05, 0) is 56.9 Å². The van der Waals surface area contributed by atoms with Crippen LogP contribution in [-0.2, 0) is 0 Å². The van der Waals surface area contributed by atoms with Crippen LogP contribution >= 0.6 is 0 Å². The average Bonchev–Trinajstić information content (AvgIpc) is 3.24. The van der Waals surface area contributed by atoms with Crippen molar-refractivity contribution in [2.45, 2.75) is 0 Å². The molecule has 0 spiro atoms. The van der Waals surface area contributed by atoms with Crippen molar-refractivity contribution in [1.29, 1.82) is 0 Å². The number of nitrogens with zero attached hydrogens (tertiary/aromatic N) is 3. The highest BCUT2D eigenvalue weighted by Crippen LogP contribution is 2.43. The Balaban J connectivity index is 1.21. The number of para-hydroxylation sites is 1. The summed E-state index contributed by atoms with van der Waals surface area (Å²) in [7, 11) is 0. The molecule has 52 heavy (non-hydrogen) atoms. The molecule has 10 aromatic rings. The zero-order valence-electron chi connectivity index (χ0n) is 28.2. The van der Waals surface area contributed by atoms with Gasteiger partial charge < -0.3 is 0 Å². The van der Waals surface area contributed by atoms with Crippen molar-refractivity contribution >= 4 is 43.2 Å². The average molecular weight is 662 g/mol. The maximum atomic E-state index is 5.39. The van der Waals surface area contributed by atoms with Crippen LogP contribution in [0.2, 0.25) is 0 Å². The number of pyridine rings is 1. The third-order valence-electron chi connectivity index (χ3n) is 10.0. The van der Waals surface area contributed by atoms with Gasteiger partial charge in [0.15, 0.2) is 5.82 Å². The lowest BCUT2D eigenvalue weighted by molar-refractivity contribution is 1.18. The molecule has 8 aromatic carbocycles. The van der Waals surface area contributed by atoms with Crippen LogP contribution in [0.25, 0.3) is 99.5 Å². The second-order valence-electron chi connectivity index (χ2n) is 13.2. The molecule has 10 rings (SSSR count). The van der Waals surface area contributed by atoms with Crippen molar-refractivity contribution < 1.29 is 0 Å². The maximum Gasteiger partial charge on any atom is 0.160 e. The number of hydrogen-bond acceptors (Lipinski definition) is 3. The third kappa shape index (κ3) is 5.10. The zero-order chi connectivity index (χ0) is 34.4. The number of hydrogen-bond donors (Lipinski definition) is 0.